The first-order valence-corrected chi connectivity index (χ1v) is 7.06. The van der Waals surface area contributed by atoms with Crippen molar-refractivity contribution in [2.75, 3.05) is 19.5 Å². The minimum Gasteiger partial charge on any atom is -0.497 e. The summed E-state index contributed by atoms with van der Waals surface area (Å²) >= 11 is 0. The largest absolute Gasteiger partial charge is 0.497 e. The highest BCUT2D eigenvalue weighted by atomic mass is 16.5. The van der Waals surface area contributed by atoms with Crippen molar-refractivity contribution in [2.45, 2.75) is 6.92 Å². The second-order valence-corrected chi connectivity index (χ2v) is 4.76. The third-order valence-corrected chi connectivity index (χ3v) is 3.12. The molecule has 0 saturated heterocycles. The van der Waals surface area contributed by atoms with Crippen molar-refractivity contribution >= 4 is 11.6 Å². The third kappa shape index (κ3) is 4.51. The monoisotopic (exact) mass is 313 g/mol. The fraction of sp³-hybridized carbons (Fsp3) is 0.167. The van der Waals surface area contributed by atoms with Crippen LogP contribution in [0.25, 0.3) is 0 Å². The van der Waals surface area contributed by atoms with Gasteiger partial charge in [0.1, 0.15) is 5.75 Å². The highest BCUT2D eigenvalue weighted by Crippen LogP contribution is 2.31. The lowest BCUT2D eigenvalue weighted by atomic mass is 10.2. The standard InChI is InChI=1S/C18H19NO4/c1-13(18(20)19-14-7-5-4-6-8-14)12-23-16-10-9-15(21-2)11-17(16)22-3/h4-12H,1-3H3,(H,19,20). The van der Waals surface area contributed by atoms with E-state index in [-0.39, 0.29) is 5.91 Å². The summed E-state index contributed by atoms with van der Waals surface area (Å²) in [6.45, 7) is 1.67. The van der Waals surface area contributed by atoms with Crippen LogP contribution < -0.4 is 19.5 Å². The molecule has 0 heterocycles. The number of nitrogens with one attached hydrogen (secondary N) is 1. The molecule has 120 valence electrons. The van der Waals surface area contributed by atoms with Gasteiger partial charge in [-0.2, -0.15) is 0 Å². The Kier molecular flexibility index (Phi) is 5.63. The van der Waals surface area contributed by atoms with Crippen LogP contribution in [0.1, 0.15) is 6.92 Å². The van der Waals surface area contributed by atoms with Crippen molar-refractivity contribution in [3.05, 3.63) is 60.4 Å². The number of ether oxygens (including phenoxy) is 3. The average Bonchev–Trinajstić information content (AvgIpc) is 2.60. The molecule has 1 amide bonds. The number of rotatable bonds is 6. The van der Waals surface area contributed by atoms with Crippen molar-refractivity contribution in [3.8, 4) is 17.2 Å². The molecule has 5 nitrogen and oxygen atoms in total. The second kappa shape index (κ2) is 7.89. The van der Waals surface area contributed by atoms with E-state index < -0.39 is 0 Å². The van der Waals surface area contributed by atoms with Crippen LogP contribution in [0.3, 0.4) is 0 Å². The molecule has 0 radical (unpaired) electrons. The Morgan fingerprint density at radius 2 is 1.74 bits per heavy atom. The van der Waals surface area contributed by atoms with Gasteiger partial charge in [-0.25, -0.2) is 0 Å². The van der Waals surface area contributed by atoms with Gasteiger partial charge >= 0.3 is 0 Å². The molecule has 0 aliphatic rings. The number of para-hydroxylation sites is 1. The van der Waals surface area contributed by atoms with Crippen molar-refractivity contribution in [1.29, 1.82) is 0 Å². The van der Waals surface area contributed by atoms with Gasteiger partial charge in [0.05, 0.1) is 20.5 Å². The Morgan fingerprint density at radius 1 is 1.00 bits per heavy atom. The molecule has 0 saturated carbocycles. The Bertz CT molecular complexity index is 695. The SMILES string of the molecule is COc1ccc(OC=C(C)C(=O)Nc2ccccc2)c(OC)c1. The van der Waals surface area contributed by atoms with Crippen LogP contribution in [0.2, 0.25) is 0 Å². The van der Waals surface area contributed by atoms with E-state index in [1.54, 1.807) is 39.3 Å². The zero-order valence-corrected chi connectivity index (χ0v) is 13.3. The second-order valence-electron chi connectivity index (χ2n) is 4.76. The van der Waals surface area contributed by atoms with Crippen LogP contribution >= 0.6 is 0 Å². The molecular weight excluding hydrogens is 294 g/mol. The quantitative estimate of drug-likeness (QED) is 0.653. The van der Waals surface area contributed by atoms with E-state index in [2.05, 4.69) is 5.32 Å². The van der Waals surface area contributed by atoms with E-state index in [0.717, 1.165) is 5.69 Å². The lowest BCUT2D eigenvalue weighted by Gasteiger charge is -2.10. The fourth-order valence-electron chi connectivity index (χ4n) is 1.83. The number of carbonyl (C=O) groups is 1. The zero-order chi connectivity index (χ0) is 16.7. The van der Waals surface area contributed by atoms with E-state index in [1.807, 2.05) is 30.3 Å². The molecule has 0 aromatic heterocycles. The highest BCUT2D eigenvalue weighted by molar-refractivity contribution is 6.03. The molecule has 0 aliphatic carbocycles. The zero-order valence-electron chi connectivity index (χ0n) is 13.3. The Hall–Kier alpha value is -2.95. The number of amides is 1. The van der Waals surface area contributed by atoms with Gasteiger partial charge in [-0.3, -0.25) is 4.79 Å². The maximum absolute atomic E-state index is 12.1. The smallest absolute Gasteiger partial charge is 0.254 e. The molecule has 0 aliphatic heterocycles. The number of methoxy groups -OCH3 is 2. The topological polar surface area (TPSA) is 56.8 Å². The minimum atomic E-state index is -0.233. The van der Waals surface area contributed by atoms with E-state index in [0.29, 0.717) is 22.8 Å². The predicted octanol–water partition coefficient (Wildman–Crippen LogP) is 3.63. The van der Waals surface area contributed by atoms with Crippen LogP contribution in [0.15, 0.2) is 60.4 Å². The van der Waals surface area contributed by atoms with Gasteiger partial charge in [-0.1, -0.05) is 18.2 Å². The van der Waals surface area contributed by atoms with E-state index in [1.165, 1.54) is 6.26 Å². The molecular formula is C18H19NO4. The summed E-state index contributed by atoms with van der Waals surface area (Å²) < 4.78 is 15.9. The lowest BCUT2D eigenvalue weighted by molar-refractivity contribution is -0.112. The first kappa shape index (κ1) is 16.4. The summed E-state index contributed by atoms with van der Waals surface area (Å²) in [6.07, 6.45) is 1.39. The number of hydrogen-bond donors (Lipinski definition) is 1. The molecule has 0 bridgehead atoms. The van der Waals surface area contributed by atoms with E-state index in [9.17, 15) is 4.79 Å². The van der Waals surface area contributed by atoms with Gasteiger partial charge in [0, 0.05) is 17.3 Å². The summed E-state index contributed by atoms with van der Waals surface area (Å²) in [6, 6.07) is 14.4. The van der Waals surface area contributed by atoms with Gasteiger partial charge in [-0.05, 0) is 31.2 Å². The predicted molar refractivity (Wildman–Crippen MR) is 89.0 cm³/mol. The molecule has 1 N–H and O–H groups in total. The Morgan fingerprint density at radius 3 is 2.39 bits per heavy atom. The lowest BCUT2D eigenvalue weighted by Crippen LogP contribution is -2.13. The number of benzene rings is 2. The van der Waals surface area contributed by atoms with Crippen LogP contribution in [0, 0.1) is 0 Å². The van der Waals surface area contributed by atoms with Gasteiger partial charge in [0.25, 0.3) is 5.91 Å². The maximum Gasteiger partial charge on any atom is 0.254 e. The summed E-state index contributed by atoms with van der Waals surface area (Å²) in [7, 11) is 3.12. The molecule has 2 aromatic carbocycles. The molecule has 2 rings (SSSR count). The summed E-state index contributed by atoms with van der Waals surface area (Å²) in [5, 5.41) is 2.79. The maximum atomic E-state index is 12.1. The molecule has 2 aromatic rings. The number of carbonyl (C=O) groups excluding carboxylic acids is 1. The van der Waals surface area contributed by atoms with Crippen LogP contribution in [-0.4, -0.2) is 20.1 Å². The first-order chi connectivity index (χ1) is 11.1. The Balaban J connectivity index is 2.05. The summed E-state index contributed by atoms with van der Waals surface area (Å²) in [4.78, 5) is 12.1. The highest BCUT2D eigenvalue weighted by Gasteiger charge is 2.08. The fourth-order valence-corrected chi connectivity index (χ4v) is 1.83. The number of anilines is 1. The Labute approximate surface area is 135 Å². The normalized spacial score (nSPS) is 10.8. The summed E-state index contributed by atoms with van der Waals surface area (Å²) in [5.74, 6) is 1.46. The van der Waals surface area contributed by atoms with Crippen molar-refractivity contribution < 1.29 is 19.0 Å². The van der Waals surface area contributed by atoms with Gasteiger partial charge in [-0.15, -0.1) is 0 Å². The molecule has 23 heavy (non-hydrogen) atoms. The molecule has 0 unspecified atom stereocenters. The molecule has 5 heteroatoms. The molecule has 0 atom stereocenters. The van der Waals surface area contributed by atoms with Crippen molar-refractivity contribution in [2.24, 2.45) is 0 Å². The van der Waals surface area contributed by atoms with Crippen molar-refractivity contribution in [1.82, 2.24) is 0 Å². The van der Waals surface area contributed by atoms with Gasteiger partial charge < -0.3 is 19.5 Å². The van der Waals surface area contributed by atoms with Gasteiger partial charge in [0.15, 0.2) is 11.5 Å². The third-order valence-electron chi connectivity index (χ3n) is 3.12. The number of hydrogen-bond acceptors (Lipinski definition) is 4. The van der Waals surface area contributed by atoms with Gasteiger partial charge in [0.2, 0.25) is 0 Å². The minimum absolute atomic E-state index is 0.233. The average molecular weight is 313 g/mol. The first-order valence-electron chi connectivity index (χ1n) is 7.06. The van der Waals surface area contributed by atoms with Crippen LogP contribution in [-0.2, 0) is 4.79 Å². The summed E-state index contributed by atoms with van der Waals surface area (Å²) in [5.41, 5.74) is 1.17. The van der Waals surface area contributed by atoms with Crippen LogP contribution in [0.5, 0.6) is 17.2 Å². The van der Waals surface area contributed by atoms with E-state index >= 15 is 0 Å². The van der Waals surface area contributed by atoms with Crippen molar-refractivity contribution in [3.63, 3.8) is 0 Å². The molecule has 0 spiro atoms. The molecule has 0 fully saturated rings. The van der Waals surface area contributed by atoms with E-state index in [4.69, 9.17) is 14.2 Å². The van der Waals surface area contributed by atoms with Crippen LogP contribution in [0.4, 0.5) is 5.69 Å².